The number of hydrogen-bond acceptors (Lipinski definition) is 1. The molecule has 0 spiro atoms. The number of halogens is 1. The Kier molecular flexibility index (Phi) is 2.29. The summed E-state index contributed by atoms with van der Waals surface area (Å²) in [5.74, 6) is 3.72. The zero-order valence-electron chi connectivity index (χ0n) is 8.68. The molecule has 1 nitrogen and oxygen atoms in total. The smallest absolute Gasteiger partial charge is 0.0534 e. The first kappa shape index (κ1) is 9.47. The highest BCUT2D eigenvalue weighted by molar-refractivity contribution is 6.18. The molecule has 2 heteroatoms. The van der Waals surface area contributed by atoms with Gasteiger partial charge in [-0.05, 0) is 49.9 Å². The van der Waals surface area contributed by atoms with E-state index in [-0.39, 0.29) is 0 Å². The van der Waals surface area contributed by atoms with Crippen LogP contribution in [0.5, 0.6) is 0 Å². The van der Waals surface area contributed by atoms with Crippen molar-refractivity contribution >= 4 is 11.6 Å². The molecule has 3 saturated carbocycles. The third-order valence-corrected chi connectivity index (χ3v) is 4.77. The van der Waals surface area contributed by atoms with Gasteiger partial charge in [0.1, 0.15) is 0 Å². The molecule has 0 aliphatic heterocycles. The highest BCUT2D eigenvalue weighted by Gasteiger charge is 2.53. The van der Waals surface area contributed by atoms with Crippen LogP contribution in [0.2, 0.25) is 0 Å². The molecule has 0 heterocycles. The highest BCUT2D eigenvalue weighted by Crippen LogP contribution is 2.60. The van der Waals surface area contributed by atoms with Gasteiger partial charge >= 0.3 is 0 Å². The molecule has 3 fully saturated rings. The molecule has 0 saturated heterocycles. The Morgan fingerprint density at radius 3 is 2.50 bits per heavy atom. The first-order chi connectivity index (χ1) is 6.81. The van der Waals surface area contributed by atoms with Gasteiger partial charge in [0.05, 0.1) is 6.61 Å². The average molecular weight is 215 g/mol. The molecule has 3 rings (SSSR count). The largest absolute Gasteiger partial charge is 0.381 e. The molecule has 80 valence electrons. The molecular weight excluding hydrogens is 196 g/mol. The van der Waals surface area contributed by atoms with Crippen molar-refractivity contribution in [3.63, 3.8) is 0 Å². The molecule has 0 aromatic carbocycles. The van der Waals surface area contributed by atoms with Crippen LogP contribution in [-0.4, -0.2) is 19.1 Å². The van der Waals surface area contributed by atoms with E-state index < -0.39 is 0 Å². The standard InChI is InChI=1S/C12H19ClO/c13-7-12(4-10-3-11(10)5-12)8-14-6-9-1-2-9/h9-11H,1-8H2. The number of hydrogen-bond donors (Lipinski definition) is 0. The molecule has 2 unspecified atom stereocenters. The van der Waals surface area contributed by atoms with Crippen molar-refractivity contribution in [2.45, 2.75) is 32.1 Å². The Bertz CT molecular complexity index is 214. The van der Waals surface area contributed by atoms with Crippen LogP contribution in [0.1, 0.15) is 32.1 Å². The van der Waals surface area contributed by atoms with E-state index in [0.29, 0.717) is 5.41 Å². The maximum atomic E-state index is 6.10. The first-order valence-electron chi connectivity index (χ1n) is 5.95. The van der Waals surface area contributed by atoms with E-state index >= 15 is 0 Å². The van der Waals surface area contributed by atoms with Crippen LogP contribution in [0.3, 0.4) is 0 Å². The minimum Gasteiger partial charge on any atom is -0.381 e. The van der Waals surface area contributed by atoms with E-state index in [1.165, 1.54) is 32.1 Å². The lowest BCUT2D eigenvalue weighted by Crippen LogP contribution is -2.27. The molecule has 3 aliphatic rings. The molecule has 3 aliphatic carbocycles. The minimum absolute atomic E-state index is 0.365. The van der Waals surface area contributed by atoms with Gasteiger partial charge in [-0.15, -0.1) is 11.6 Å². The maximum absolute atomic E-state index is 6.10. The van der Waals surface area contributed by atoms with Gasteiger partial charge in [-0.3, -0.25) is 0 Å². The van der Waals surface area contributed by atoms with Crippen molar-refractivity contribution in [1.29, 1.82) is 0 Å². The number of fused-ring (bicyclic) bond motifs is 1. The summed E-state index contributed by atoms with van der Waals surface area (Å²) in [7, 11) is 0. The van der Waals surface area contributed by atoms with Gasteiger partial charge in [0, 0.05) is 17.9 Å². The second-order valence-corrected chi connectivity index (χ2v) is 6.02. The Morgan fingerprint density at radius 2 is 1.93 bits per heavy atom. The van der Waals surface area contributed by atoms with Crippen molar-refractivity contribution in [1.82, 2.24) is 0 Å². The fourth-order valence-corrected chi connectivity index (χ4v) is 3.29. The van der Waals surface area contributed by atoms with Crippen molar-refractivity contribution in [3.8, 4) is 0 Å². The molecule has 0 aromatic heterocycles. The average Bonchev–Trinajstić information content (AvgIpc) is 3.09. The SMILES string of the molecule is ClCC1(COCC2CC2)CC2CC2C1. The first-order valence-corrected chi connectivity index (χ1v) is 6.48. The zero-order chi connectivity index (χ0) is 9.60. The zero-order valence-corrected chi connectivity index (χ0v) is 9.43. The number of alkyl halides is 1. The van der Waals surface area contributed by atoms with Crippen LogP contribution >= 0.6 is 11.6 Å². The Hall–Kier alpha value is 0.250. The van der Waals surface area contributed by atoms with Crippen molar-refractivity contribution in [2.24, 2.45) is 23.2 Å². The Balaban J connectivity index is 1.47. The summed E-state index contributed by atoms with van der Waals surface area (Å²) in [4.78, 5) is 0. The predicted molar refractivity (Wildman–Crippen MR) is 57.5 cm³/mol. The van der Waals surface area contributed by atoms with Gasteiger partial charge in [0.15, 0.2) is 0 Å². The van der Waals surface area contributed by atoms with Gasteiger partial charge in [-0.1, -0.05) is 0 Å². The highest BCUT2D eigenvalue weighted by atomic mass is 35.5. The van der Waals surface area contributed by atoms with Crippen LogP contribution in [0.25, 0.3) is 0 Å². The Labute approximate surface area is 91.2 Å². The molecule has 0 bridgehead atoms. The molecule has 0 amide bonds. The van der Waals surface area contributed by atoms with Gasteiger partial charge < -0.3 is 4.74 Å². The third kappa shape index (κ3) is 1.81. The maximum Gasteiger partial charge on any atom is 0.0534 e. The van der Waals surface area contributed by atoms with Crippen LogP contribution < -0.4 is 0 Å². The van der Waals surface area contributed by atoms with Crippen LogP contribution in [0.4, 0.5) is 0 Å². The minimum atomic E-state index is 0.365. The fraction of sp³-hybridized carbons (Fsp3) is 1.00. The monoisotopic (exact) mass is 214 g/mol. The lowest BCUT2D eigenvalue weighted by Gasteiger charge is -2.28. The van der Waals surface area contributed by atoms with Crippen molar-refractivity contribution in [3.05, 3.63) is 0 Å². The van der Waals surface area contributed by atoms with Crippen molar-refractivity contribution in [2.75, 3.05) is 19.1 Å². The summed E-state index contributed by atoms with van der Waals surface area (Å²) in [6.45, 7) is 1.92. The molecule has 14 heavy (non-hydrogen) atoms. The van der Waals surface area contributed by atoms with Crippen LogP contribution in [0, 0.1) is 23.2 Å². The van der Waals surface area contributed by atoms with Gasteiger partial charge in [-0.2, -0.15) is 0 Å². The topological polar surface area (TPSA) is 9.23 Å². The van der Waals surface area contributed by atoms with E-state index in [1.807, 2.05) is 0 Å². The summed E-state index contributed by atoms with van der Waals surface area (Å²) in [6, 6.07) is 0. The molecule has 2 atom stereocenters. The quantitative estimate of drug-likeness (QED) is 0.640. The normalized spacial score (nSPS) is 45.2. The van der Waals surface area contributed by atoms with E-state index in [2.05, 4.69) is 0 Å². The molecule has 0 radical (unpaired) electrons. The second kappa shape index (κ2) is 3.38. The lowest BCUT2D eigenvalue weighted by molar-refractivity contribution is 0.0456. The number of ether oxygens (including phenoxy) is 1. The van der Waals surface area contributed by atoms with Crippen molar-refractivity contribution < 1.29 is 4.74 Å². The van der Waals surface area contributed by atoms with Gasteiger partial charge in [0.2, 0.25) is 0 Å². The van der Waals surface area contributed by atoms with E-state index in [9.17, 15) is 0 Å². The van der Waals surface area contributed by atoms with E-state index in [1.54, 1.807) is 0 Å². The summed E-state index contributed by atoms with van der Waals surface area (Å²) in [5, 5.41) is 0. The third-order valence-electron chi connectivity index (χ3n) is 4.20. The summed E-state index contributed by atoms with van der Waals surface area (Å²) in [5.41, 5.74) is 0.365. The summed E-state index contributed by atoms with van der Waals surface area (Å²) in [6.07, 6.45) is 6.93. The summed E-state index contributed by atoms with van der Waals surface area (Å²) >= 11 is 6.10. The van der Waals surface area contributed by atoms with Gasteiger partial charge in [-0.25, -0.2) is 0 Å². The summed E-state index contributed by atoms with van der Waals surface area (Å²) < 4.78 is 5.82. The number of rotatable bonds is 5. The molecule has 0 aromatic rings. The van der Waals surface area contributed by atoms with E-state index in [0.717, 1.165) is 36.8 Å². The second-order valence-electron chi connectivity index (χ2n) is 5.76. The fourth-order valence-electron chi connectivity index (χ4n) is 3.00. The Morgan fingerprint density at radius 1 is 1.21 bits per heavy atom. The van der Waals surface area contributed by atoms with Gasteiger partial charge in [0.25, 0.3) is 0 Å². The predicted octanol–water partition coefficient (Wildman–Crippen LogP) is 3.07. The lowest BCUT2D eigenvalue weighted by atomic mass is 9.86. The van der Waals surface area contributed by atoms with E-state index in [4.69, 9.17) is 16.3 Å². The van der Waals surface area contributed by atoms with Crippen LogP contribution in [0.15, 0.2) is 0 Å². The molecular formula is C12H19ClO. The molecule has 0 N–H and O–H groups in total. The van der Waals surface area contributed by atoms with Crippen LogP contribution in [-0.2, 0) is 4.74 Å².